The number of fused-ring (bicyclic) bond motifs is 6. The summed E-state index contributed by atoms with van der Waals surface area (Å²) in [4.78, 5) is 0. The molecule has 0 aliphatic rings. The van der Waals surface area contributed by atoms with E-state index in [-0.39, 0.29) is 29.7 Å². The van der Waals surface area contributed by atoms with Crippen molar-refractivity contribution in [3.05, 3.63) is 109 Å². The van der Waals surface area contributed by atoms with Gasteiger partial charge in [-0.1, -0.05) is 66.6 Å². The minimum absolute atomic E-state index is 0.160. The fourth-order valence-electron chi connectivity index (χ4n) is 4.50. The van der Waals surface area contributed by atoms with Crippen LogP contribution in [0.5, 0.6) is 0 Å². The molecule has 3 nitrogen and oxygen atoms in total. The van der Waals surface area contributed by atoms with E-state index in [0.717, 1.165) is 44.1 Å². The van der Waals surface area contributed by atoms with Gasteiger partial charge in [0.25, 0.3) is 0 Å². The monoisotopic (exact) mass is 430 g/mol. The van der Waals surface area contributed by atoms with Crippen molar-refractivity contribution in [3.63, 3.8) is 0 Å². The Balaban J connectivity index is 1.45. The Morgan fingerprint density at radius 1 is 0.545 bits per heavy atom. The molecule has 0 unspecified atom stereocenters. The molecule has 7 aromatic rings. The molecule has 33 heavy (non-hydrogen) atoms. The summed E-state index contributed by atoms with van der Waals surface area (Å²) >= 11 is 0. The van der Waals surface area contributed by atoms with Crippen molar-refractivity contribution in [1.29, 1.82) is 0 Å². The number of nitrogens with one attached hydrogen (secondary N) is 1. The van der Waals surface area contributed by atoms with E-state index in [1.165, 1.54) is 0 Å². The van der Waals surface area contributed by atoms with E-state index < -0.39 is 6.04 Å². The lowest BCUT2D eigenvalue weighted by molar-refractivity contribution is 0.669. The Hall–Kier alpha value is -4.50. The lowest BCUT2D eigenvalue weighted by atomic mass is 10.0. The van der Waals surface area contributed by atoms with Crippen molar-refractivity contribution in [1.82, 2.24) is 0 Å². The van der Waals surface area contributed by atoms with Gasteiger partial charge in [0, 0.05) is 10.8 Å². The van der Waals surface area contributed by atoms with Crippen molar-refractivity contribution >= 4 is 55.3 Å². The van der Waals surface area contributed by atoms with Crippen LogP contribution in [-0.4, -0.2) is 0 Å². The lowest BCUT2D eigenvalue weighted by Crippen LogP contribution is -1.91. The quantitative estimate of drug-likeness (QED) is 0.304. The Kier molecular flexibility index (Phi) is 2.93. The molecule has 0 amide bonds. The van der Waals surface area contributed by atoms with Gasteiger partial charge in [-0.3, -0.25) is 0 Å². The lowest BCUT2D eigenvalue weighted by Gasteiger charge is -2.09. The SMILES string of the molecule is [2H]c1c([2H])c([2H])c(-c2ccc3oc4cccc(Nc5cccc6oc7ccccc7c56)c4c3c2)c([2H])c1[2H]. The normalized spacial score (nSPS) is 13.8. The number of hydrogen-bond donors (Lipinski definition) is 1. The smallest absolute Gasteiger partial charge is 0.137 e. The topological polar surface area (TPSA) is 38.3 Å². The van der Waals surface area contributed by atoms with Crippen LogP contribution in [0.4, 0.5) is 11.4 Å². The highest BCUT2D eigenvalue weighted by Gasteiger charge is 2.15. The number of anilines is 2. The molecule has 0 saturated carbocycles. The van der Waals surface area contributed by atoms with Gasteiger partial charge < -0.3 is 14.2 Å². The summed E-state index contributed by atoms with van der Waals surface area (Å²) < 4.78 is 53.1. The van der Waals surface area contributed by atoms with Crippen LogP contribution in [-0.2, 0) is 0 Å². The van der Waals surface area contributed by atoms with Crippen LogP contribution in [0.2, 0.25) is 0 Å². The van der Waals surface area contributed by atoms with E-state index in [1.54, 1.807) is 12.1 Å². The second-order valence-corrected chi connectivity index (χ2v) is 7.89. The molecule has 2 aromatic heterocycles. The van der Waals surface area contributed by atoms with Crippen molar-refractivity contribution in [2.24, 2.45) is 0 Å². The second-order valence-electron chi connectivity index (χ2n) is 7.89. The van der Waals surface area contributed by atoms with Crippen LogP contribution >= 0.6 is 0 Å². The molecule has 0 aliphatic carbocycles. The molecule has 2 heterocycles. The standard InChI is InChI=1S/C30H19NO2/c1-2-8-19(9-3-1)20-16-17-26-22(18-20)30-24(12-7-15-28(30)33-26)31-23-11-6-14-27-29(23)21-10-4-5-13-25(21)32-27/h1-18,31H/i1D,2D,3D,8D,9D. The summed E-state index contributed by atoms with van der Waals surface area (Å²) in [5, 5.41) is 7.18. The first kappa shape index (κ1) is 13.8. The van der Waals surface area contributed by atoms with Crippen molar-refractivity contribution in [3.8, 4) is 11.1 Å². The fraction of sp³-hybridized carbons (Fsp3) is 0. The zero-order valence-electron chi connectivity index (χ0n) is 22.3. The Labute approximate surface area is 196 Å². The highest BCUT2D eigenvalue weighted by molar-refractivity contribution is 6.16. The minimum atomic E-state index is -0.411. The Morgan fingerprint density at radius 3 is 1.94 bits per heavy atom. The molecular formula is C30H19NO2. The molecule has 0 aliphatic heterocycles. The molecule has 0 bridgehead atoms. The molecule has 0 atom stereocenters. The van der Waals surface area contributed by atoms with Gasteiger partial charge in [-0.05, 0) is 53.6 Å². The maximum Gasteiger partial charge on any atom is 0.137 e. The van der Waals surface area contributed by atoms with Gasteiger partial charge in [0.2, 0.25) is 0 Å². The van der Waals surface area contributed by atoms with E-state index in [2.05, 4.69) is 5.32 Å². The van der Waals surface area contributed by atoms with Gasteiger partial charge >= 0.3 is 0 Å². The van der Waals surface area contributed by atoms with Crippen LogP contribution in [0.1, 0.15) is 6.85 Å². The third-order valence-corrected chi connectivity index (χ3v) is 5.96. The molecule has 0 spiro atoms. The van der Waals surface area contributed by atoms with Crippen LogP contribution in [0.3, 0.4) is 0 Å². The van der Waals surface area contributed by atoms with Gasteiger partial charge in [0.05, 0.1) is 29.0 Å². The van der Waals surface area contributed by atoms with Crippen molar-refractivity contribution in [2.45, 2.75) is 0 Å². The number of para-hydroxylation sites is 1. The van der Waals surface area contributed by atoms with E-state index in [9.17, 15) is 0 Å². The highest BCUT2D eigenvalue weighted by Crippen LogP contribution is 2.40. The summed E-state index contributed by atoms with van der Waals surface area (Å²) in [5.74, 6) is 0. The number of rotatable bonds is 3. The summed E-state index contributed by atoms with van der Waals surface area (Å²) in [7, 11) is 0. The van der Waals surface area contributed by atoms with Gasteiger partial charge in [-0.2, -0.15) is 0 Å². The molecular weight excluding hydrogens is 406 g/mol. The summed E-state index contributed by atoms with van der Waals surface area (Å²) in [6, 6.07) is 23.3. The number of hydrogen-bond acceptors (Lipinski definition) is 3. The van der Waals surface area contributed by atoms with Crippen molar-refractivity contribution < 1.29 is 15.7 Å². The molecule has 0 radical (unpaired) electrons. The number of benzene rings is 5. The predicted octanol–water partition coefficient (Wildman–Crippen LogP) is 8.90. The predicted molar refractivity (Wildman–Crippen MR) is 136 cm³/mol. The third kappa shape index (κ3) is 2.83. The zero-order chi connectivity index (χ0) is 26.1. The largest absolute Gasteiger partial charge is 0.456 e. The van der Waals surface area contributed by atoms with E-state index in [4.69, 9.17) is 15.7 Å². The summed E-state index contributed by atoms with van der Waals surface area (Å²) in [6.45, 7) is 0. The average Bonchev–Trinajstić information content (AvgIpc) is 3.50. The molecule has 0 fully saturated rings. The van der Waals surface area contributed by atoms with Gasteiger partial charge in [-0.15, -0.1) is 0 Å². The van der Waals surface area contributed by atoms with Crippen LogP contribution < -0.4 is 5.32 Å². The molecule has 0 saturated heterocycles. The average molecular weight is 431 g/mol. The zero-order valence-corrected chi connectivity index (χ0v) is 17.3. The summed E-state index contributed by atoms with van der Waals surface area (Å²) in [5.41, 5.74) is 5.29. The Bertz CT molecular complexity index is 2050. The van der Waals surface area contributed by atoms with E-state index >= 15 is 0 Å². The fourth-order valence-corrected chi connectivity index (χ4v) is 4.50. The first-order valence-corrected chi connectivity index (χ1v) is 10.6. The molecule has 156 valence electrons. The molecule has 3 heteroatoms. The Morgan fingerprint density at radius 2 is 1.18 bits per heavy atom. The molecule has 7 rings (SSSR count). The molecule has 1 N–H and O–H groups in total. The van der Waals surface area contributed by atoms with E-state index in [1.807, 2.05) is 66.7 Å². The van der Waals surface area contributed by atoms with Crippen molar-refractivity contribution in [2.75, 3.05) is 5.32 Å². The third-order valence-electron chi connectivity index (χ3n) is 5.96. The van der Waals surface area contributed by atoms with Crippen LogP contribution in [0.25, 0.3) is 55.0 Å². The first-order chi connectivity index (χ1) is 18.4. The van der Waals surface area contributed by atoms with Crippen LogP contribution in [0.15, 0.2) is 118 Å². The molecule has 5 aromatic carbocycles. The van der Waals surface area contributed by atoms with Gasteiger partial charge in [-0.25, -0.2) is 0 Å². The van der Waals surface area contributed by atoms with Gasteiger partial charge in [0.15, 0.2) is 0 Å². The maximum atomic E-state index is 8.41. The van der Waals surface area contributed by atoms with E-state index in [0.29, 0.717) is 16.7 Å². The minimum Gasteiger partial charge on any atom is -0.456 e. The summed E-state index contributed by atoms with van der Waals surface area (Å²) in [6.07, 6.45) is 0. The second kappa shape index (κ2) is 7.01. The highest BCUT2D eigenvalue weighted by atomic mass is 16.3. The number of furan rings is 2. The van der Waals surface area contributed by atoms with Crippen LogP contribution in [0, 0.1) is 0 Å². The maximum absolute atomic E-state index is 8.41. The first-order valence-electron chi connectivity index (χ1n) is 13.1. The van der Waals surface area contributed by atoms with Gasteiger partial charge in [0.1, 0.15) is 22.3 Å².